The van der Waals surface area contributed by atoms with E-state index in [1.807, 2.05) is 19.1 Å². The molecular formula is C14H19N3O. The Morgan fingerprint density at radius 2 is 2.33 bits per heavy atom. The molecule has 96 valence electrons. The number of fused-ring (bicyclic) bond motifs is 1. The normalized spacial score (nSPS) is 25.1. The van der Waals surface area contributed by atoms with E-state index in [-0.39, 0.29) is 0 Å². The van der Waals surface area contributed by atoms with Crippen molar-refractivity contribution in [1.82, 2.24) is 9.88 Å². The molecule has 2 N–H and O–H groups in total. The van der Waals surface area contributed by atoms with Gasteiger partial charge in [0.1, 0.15) is 5.52 Å². The first-order valence-electron chi connectivity index (χ1n) is 6.45. The second-order valence-corrected chi connectivity index (χ2v) is 5.22. The molecule has 3 rings (SSSR count). The van der Waals surface area contributed by atoms with E-state index in [4.69, 9.17) is 10.2 Å². The molecule has 0 aliphatic carbocycles. The summed E-state index contributed by atoms with van der Waals surface area (Å²) in [7, 11) is 2.16. The van der Waals surface area contributed by atoms with Crippen molar-refractivity contribution in [2.75, 3.05) is 20.1 Å². The second kappa shape index (κ2) is 4.37. The highest BCUT2D eigenvalue weighted by Crippen LogP contribution is 2.36. The predicted octanol–water partition coefficient (Wildman–Crippen LogP) is 2.09. The Hall–Kier alpha value is -1.39. The maximum absolute atomic E-state index is 5.79. The molecule has 1 aliphatic rings. The summed E-state index contributed by atoms with van der Waals surface area (Å²) in [5.74, 6) is 1.32. The number of nitrogens with zero attached hydrogens (tertiary/aromatic N) is 2. The Labute approximate surface area is 107 Å². The van der Waals surface area contributed by atoms with Crippen molar-refractivity contribution in [1.29, 1.82) is 0 Å². The molecule has 2 aromatic rings. The summed E-state index contributed by atoms with van der Waals surface area (Å²) in [6.45, 7) is 3.72. The van der Waals surface area contributed by atoms with Crippen LogP contribution in [0.15, 0.2) is 22.6 Å². The van der Waals surface area contributed by atoms with E-state index < -0.39 is 0 Å². The first kappa shape index (κ1) is 11.7. The van der Waals surface area contributed by atoms with Crippen molar-refractivity contribution in [3.8, 4) is 0 Å². The van der Waals surface area contributed by atoms with Gasteiger partial charge in [0, 0.05) is 19.5 Å². The Morgan fingerprint density at radius 3 is 3.06 bits per heavy atom. The Bertz CT molecular complexity index is 563. The number of hydrogen-bond acceptors (Lipinski definition) is 4. The summed E-state index contributed by atoms with van der Waals surface area (Å²) in [6.07, 6.45) is 1.11. The van der Waals surface area contributed by atoms with Crippen molar-refractivity contribution >= 4 is 11.1 Å². The number of likely N-dealkylation sites (tertiary alicyclic amines) is 1. The van der Waals surface area contributed by atoms with Crippen LogP contribution in [-0.2, 0) is 0 Å². The summed E-state index contributed by atoms with van der Waals surface area (Å²) >= 11 is 0. The summed E-state index contributed by atoms with van der Waals surface area (Å²) in [6, 6.07) is 6.59. The molecule has 0 bridgehead atoms. The van der Waals surface area contributed by atoms with Crippen LogP contribution in [0.3, 0.4) is 0 Å². The minimum Gasteiger partial charge on any atom is -0.441 e. The van der Waals surface area contributed by atoms with Crippen molar-refractivity contribution in [2.45, 2.75) is 19.4 Å². The number of aryl methyl sites for hydroxylation is 1. The lowest BCUT2D eigenvalue weighted by Crippen LogP contribution is -2.20. The molecule has 1 aliphatic heterocycles. The largest absolute Gasteiger partial charge is 0.441 e. The van der Waals surface area contributed by atoms with Crippen molar-refractivity contribution in [3.63, 3.8) is 0 Å². The Balaban J connectivity index is 2.04. The SMILES string of the molecule is Cc1nc2c(C3CC(CN)CN3C)cccc2o1. The topological polar surface area (TPSA) is 55.3 Å². The molecule has 0 amide bonds. The van der Waals surface area contributed by atoms with E-state index in [1.165, 1.54) is 5.56 Å². The highest BCUT2D eigenvalue weighted by atomic mass is 16.3. The lowest BCUT2D eigenvalue weighted by atomic mass is 9.99. The molecule has 18 heavy (non-hydrogen) atoms. The third-order valence-electron chi connectivity index (χ3n) is 3.88. The minimum atomic E-state index is 0.409. The van der Waals surface area contributed by atoms with Gasteiger partial charge in [-0.3, -0.25) is 4.90 Å². The number of oxazole rings is 1. The maximum atomic E-state index is 5.79. The van der Waals surface area contributed by atoms with Gasteiger partial charge in [-0.15, -0.1) is 0 Å². The second-order valence-electron chi connectivity index (χ2n) is 5.22. The fourth-order valence-electron chi connectivity index (χ4n) is 2.99. The van der Waals surface area contributed by atoms with Crippen LogP contribution in [0, 0.1) is 12.8 Å². The quantitative estimate of drug-likeness (QED) is 0.880. The van der Waals surface area contributed by atoms with E-state index in [9.17, 15) is 0 Å². The van der Waals surface area contributed by atoms with E-state index in [0.717, 1.165) is 36.5 Å². The van der Waals surface area contributed by atoms with Crippen LogP contribution in [0.5, 0.6) is 0 Å². The fourth-order valence-corrected chi connectivity index (χ4v) is 2.99. The van der Waals surface area contributed by atoms with Gasteiger partial charge in [0.25, 0.3) is 0 Å². The molecule has 1 fully saturated rings. The molecule has 0 radical (unpaired) electrons. The molecule has 4 heteroatoms. The lowest BCUT2D eigenvalue weighted by Gasteiger charge is -2.19. The molecule has 2 heterocycles. The fraction of sp³-hybridized carbons (Fsp3) is 0.500. The van der Waals surface area contributed by atoms with Crippen LogP contribution in [0.25, 0.3) is 11.1 Å². The van der Waals surface area contributed by atoms with Gasteiger partial charge in [-0.25, -0.2) is 4.98 Å². The van der Waals surface area contributed by atoms with Crippen LogP contribution < -0.4 is 5.73 Å². The number of para-hydroxylation sites is 1. The summed E-state index contributed by atoms with van der Waals surface area (Å²) in [5, 5.41) is 0. The smallest absolute Gasteiger partial charge is 0.192 e. The van der Waals surface area contributed by atoms with Gasteiger partial charge < -0.3 is 10.2 Å². The summed E-state index contributed by atoms with van der Waals surface area (Å²) < 4.78 is 5.60. The first-order valence-corrected chi connectivity index (χ1v) is 6.45. The number of aromatic nitrogens is 1. The minimum absolute atomic E-state index is 0.409. The molecule has 1 aromatic heterocycles. The molecule has 4 nitrogen and oxygen atoms in total. The van der Waals surface area contributed by atoms with Gasteiger partial charge >= 0.3 is 0 Å². The van der Waals surface area contributed by atoms with Crippen molar-refractivity contribution < 1.29 is 4.42 Å². The zero-order valence-corrected chi connectivity index (χ0v) is 10.9. The molecule has 0 saturated carbocycles. The van der Waals surface area contributed by atoms with E-state index in [1.54, 1.807) is 0 Å². The highest BCUT2D eigenvalue weighted by Gasteiger charge is 2.31. The molecule has 2 unspecified atom stereocenters. The maximum Gasteiger partial charge on any atom is 0.192 e. The van der Waals surface area contributed by atoms with Gasteiger partial charge in [-0.05, 0) is 37.6 Å². The van der Waals surface area contributed by atoms with Crippen molar-refractivity contribution in [3.05, 3.63) is 29.7 Å². The first-order chi connectivity index (χ1) is 8.69. The average Bonchev–Trinajstić information content (AvgIpc) is 2.90. The zero-order valence-electron chi connectivity index (χ0n) is 10.9. The number of benzene rings is 1. The Kier molecular flexibility index (Phi) is 2.84. The predicted molar refractivity (Wildman–Crippen MR) is 71.3 cm³/mol. The van der Waals surface area contributed by atoms with E-state index in [2.05, 4.69) is 23.0 Å². The van der Waals surface area contributed by atoms with E-state index in [0.29, 0.717) is 12.0 Å². The number of hydrogen-bond donors (Lipinski definition) is 1. The molecule has 0 spiro atoms. The third kappa shape index (κ3) is 1.82. The van der Waals surface area contributed by atoms with Gasteiger partial charge in [0.15, 0.2) is 11.5 Å². The Morgan fingerprint density at radius 1 is 1.50 bits per heavy atom. The van der Waals surface area contributed by atoms with E-state index >= 15 is 0 Å². The zero-order chi connectivity index (χ0) is 12.7. The summed E-state index contributed by atoms with van der Waals surface area (Å²) in [4.78, 5) is 6.89. The number of rotatable bonds is 2. The highest BCUT2D eigenvalue weighted by molar-refractivity contribution is 5.77. The monoisotopic (exact) mass is 245 g/mol. The standard InChI is InChI=1S/C14H19N3O/c1-9-16-14-11(4-3-5-13(14)18-9)12-6-10(7-15)8-17(12)2/h3-5,10,12H,6-8,15H2,1-2H3. The molecule has 2 atom stereocenters. The van der Waals surface area contributed by atoms with Gasteiger partial charge in [-0.1, -0.05) is 12.1 Å². The molecular weight excluding hydrogens is 226 g/mol. The van der Waals surface area contributed by atoms with Crippen LogP contribution in [0.2, 0.25) is 0 Å². The lowest BCUT2D eigenvalue weighted by molar-refractivity contribution is 0.315. The van der Waals surface area contributed by atoms with Gasteiger partial charge in [-0.2, -0.15) is 0 Å². The average molecular weight is 245 g/mol. The van der Waals surface area contributed by atoms with Crippen LogP contribution in [-0.4, -0.2) is 30.0 Å². The number of nitrogens with two attached hydrogens (primary N) is 1. The molecule has 1 aromatic carbocycles. The van der Waals surface area contributed by atoms with Gasteiger partial charge in [0.05, 0.1) is 0 Å². The van der Waals surface area contributed by atoms with Crippen LogP contribution in [0.1, 0.15) is 23.9 Å². The van der Waals surface area contributed by atoms with Crippen LogP contribution >= 0.6 is 0 Å². The van der Waals surface area contributed by atoms with Crippen molar-refractivity contribution in [2.24, 2.45) is 11.7 Å². The summed E-state index contributed by atoms with van der Waals surface area (Å²) in [5.41, 5.74) is 8.95. The third-order valence-corrected chi connectivity index (χ3v) is 3.88. The molecule has 1 saturated heterocycles. The van der Waals surface area contributed by atoms with Crippen LogP contribution in [0.4, 0.5) is 0 Å². The van der Waals surface area contributed by atoms with Gasteiger partial charge in [0.2, 0.25) is 0 Å².